The van der Waals surface area contributed by atoms with E-state index in [1.54, 1.807) is 0 Å². The van der Waals surface area contributed by atoms with Gasteiger partial charge in [-0.2, -0.15) is 0 Å². The van der Waals surface area contributed by atoms with Crippen LogP contribution in [0.4, 0.5) is 0 Å². The lowest BCUT2D eigenvalue weighted by molar-refractivity contribution is 0.0972. The Kier molecular flexibility index (Phi) is 3.40. The highest BCUT2D eigenvalue weighted by Gasteiger charge is 2.12. The van der Waals surface area contributed by atoms with Crippen LogP contribution in [0.1, 0.15) is 16.2 Å². The third kappa shape index (κ3) is 2.39. The van der Waals surface area contributed by atoms with Gasteiger partial charge in [-0.3, -0.25) is 4.79 Å². The van der Waals surface area contributed by atoms with Crippen LogP contribution in [0.5, 0.6) is 0 Å². The molecule has 0 saturated heterocycles. The summed E-state index contributed by atoms with van der Waals surface area (Å²) in [5.41, 5.74) is 2.63. The highest BCUT2D eigenvalue weighted by molar-refractivity contribution is 9.10. The van der Waals surface area contributed by atoms with Gasteiger partial charge in [0.2, 0.25) is 0 Å². The molecule has 0 bridgehead atoms. The van der Waals surface area contributed by atoms with Gasteiger partial charge >= 0.3 is 0 Å². The van der Waals surface area contributed by atoms with Gasteiger partial charge in [0.1, 0.15) is 5.82 Å². The summed E-state index contributed by atoms with van der Waals surface area (Å²) in [4.78, 5) is 16.8. The van der Waals surface area contributed by atoms with E-state index in [0.717, 1.165) is 21.3 Å². The molecule has 0 saturated carbocycles. The summed E-state index contributed by atoms with van der Waals surface area (Å²) < 4.78 is 2.93. The van der Waals surface area contributed by atoms with Crippen molar-refractivity contribution in [2.75, 3.05) is 0 Å². The molecule has 100 valence electrons. The molecule has 4 heteroatoms. The average molecular weight is 329 g/mol. The lowest BCUT2D eigenvalue weighted by Crippen LogP contribution is -2.11. The highest BCUT2D eigenvalue weighted by Crippen LogP contribution is 2.17. The number of hydrogen-bond donors (Lipinski definition) is 0. The Labute approximate surface area is 125 Å². The molecule has 0 amide bonds. The zero-order valence-electron chi connectivity index (χ0n) is 11.0. The first kappa shape index (κ1) is 13.1. The van der Waals surface area contributed by atoms with Crippen LogP contribution in [0.15, 0.2) is 53.0 Å². The van der Waals surface area contributed by atoms with Crippen LogP contribution in [0.25, 0.3) is 11.0 Å². The molecule has 3 rings (SSSR count). The van der Waals surface area contributed by atoms with E-state index >= 15 is 0 Å². The van der Waals surface area contributed by atoms with E-state index in [9.17, 15) is 4.79 Å². The number of benzene rings is 2. The number of carbonyl (C=O) groups is 1. The molecule has 0 fully saturated rings. The van der Waals surface area contributed by atoms with Gasteiger partial charge < -0.3 is 4.57 Å². The standard InChI is InChI=1S/C16H13BrN2O/c1-11-18-14-4-2-3-5-15(14)19(11)10-16(20)12-6-8-13(17)9-7-12/h2-9H,10H2,1H3. The molecule has 1 aromatic heterocycles. The third-order valence-electron chi connectivity index (χ3n) is 3.31. The smallest absolute Gasteiger partial charge is 0.182 e. The minimum Gasteiger partial charge on any atom is -0.320 e. The van der Waals surface area contributed by atoms with Gasteiger partial charge in [-0.25, -0.2) is 4.98 Å². The number of aryl methyl sites for hydroxylation is 1. The van der Waals surface area contributed by atoms with Crippen LogP contribution in [0.3, 0.4) is 0 Å². The second-order valence-electron chi connectivity index (χ2n) is 4.66. The van der Waals surface area contributed by atoms with E-state index in [1.165, 1.54) is 0 Å². The Morgan fingerprint density at radius 3 is 2.60 bits per heavy atom. The van der Waals surface area contributed by atoms with Crippen molar-refractivity contribution >= 4 is 32.7 Å². The largest absolute Gasteiger partial charge is 0.320 e. The lowest BCUT2D eigenvalue weighted by Gasteiger charge is -2.06. The summed E-state index contributed by atoms with van der Waals surface area (Å²) >= 11 is 3.37. The number of hydrogen-bond acceptors (Lipinski definition) is 2. The zero-order valence-corrected chi connectivity index (χ0v) is 12.6. The number of aromatic nitrogens is 2. The summed E-state index contributed by atoms with van der Waals surface area (Å²) in [7, 11) is 0. The maximum atomic E-state index is 12.4. The SMILES string of the molecule is Cc1nc2ccccc2n1CC(=O)c1ccc(Br)cc1. The van der Waals surface area contributed by atoms with Crippen LogP contribution >= 0.6 is 15.9 Å². The summed E-state index contributed by atoms with van der Waals surface area (Å²) in [6.45, 7) is 2.24. The second-order valence-corrected chi connectivity index (χ2v) is 5.58. The molecule has 0 aliphatic heterocycles. The van der Waals surface area contributed by atoms with E-state index < -0.39 is 0 Å². The van der Waals surface area contributed by atoms with E-state index in [2.05, 4.69) is 20.9 Å². The van der Waals surface area contributed by atoms with Crippen LogP contribution in [-0.4, -0.2) is 15.3 Å². The van der Waals surface area contributed by atoms with Crippen molar-refractivity contribution in [1.29, 1.82) is 0 Å². The maximum Gasteiger partial charge on any atom is 0.182 e. The van der Waals surface area contributed by atoms with Gasteiger partial charge in [0, 0.05) is 10.0 Å². The van der Waals surface area contributed by atoms with Gasteiger partial charge in [-0.05, 0) is 31.2 Å². The van der Waals surface area contributed by atoms with Crippen molar-refractivity contribution < 1.29 is 4.79 Å². The van der Waals surface area contributed by atoms with E-state index in [1.807, 2.05) is 60.0 Å². The van der Waals surface area contributed by atoms with E-state index in [-0.39, 0.29) is 5.78 Å². The normalized spacial score (nSPS) is 10.9. The van der Waals surface area contributed by atoms with Crippen molar-refractivity contribution in [2.24, 2.45) is 0 Å². The van der Waals surface area contributed by atoms with Crippen molar-refractivity contribution in [3.63, 3.8) is 0 Å². The molecule has 3 aromatic rings. The minimum atomic E-state index is 0.0868. The van der Waals surface area contributed by atoms with Gasteiger partial charge in [0.25, 0.3) is 0 Å². The molecular formula is C16H13BrN2O. The summed E-state index contributed by atoms with van der Waals surface area (Å²) in [5, 5.41) is 0. The van der Waals surface area contributed by atoms with Gasteiger partial charge in [0.15, 0.2) is 5.78 Å². The topological polar surface area (TPSA) is 34.9 Å². The predicted molar refractivity (Wildman–Crippen MR) is 82.9 cm³/mol. The van der Waals surface area contributed by atoms with Gasteiger partial charge in [-0.1, -0.05) is 40.2 Å². The predicted octanol–water partition coefficient (Wildman–Crippen LogP) is 3.99. The Bertz CT molecular complexity index is 775. The van der Waals surface area contributed by atoms with Crippen molar-refractivity contribution in [1.82, 2.24) is 9.55 Å². The minimum absolute atomic E-state index is 0.0868. The van der Waals surface area contributed by atoms with Gasteiger partial charge in [0.05, 0.1) is 17.6 Å². The number of nitrogens with zero attached hydrogens (tertiary/aromatic N) is 2. The van der Waals surface area contributed by atoms with Crippen molar-refractivity contribution in [3.8, 4) is 0 Å². The van der Waals surface area contributed by atoms with Gasteiger partial charge in [-0.15, -0.1) is 0 Å². The molecule has 0 N–H and O–H groups in total. The van der Waals surface area contributed by atoms with Crippen molar-refractivity contribution in [3.05, 3.63) is 64.4 Å². The molecule has 0 aliphatic rings. The summed E-state index contributed by atoms with van der Waals surface area (Å²) in [5.74, 6) is 0.945. The fourth-order valence-corrected chi connectivity index (χ4v) is 2.53. The first-order chi connectivity index (χ1) is 9.65. The van der Waals surface area contributed by atoms with E-state index in [0.29, 0.717) is 12.1 Å². The molecular weight excluding hydrogens is 316 g/mol. The molecule has 0 atom stereocenters. The molecule has 3 nitrogen and oxygen atoms in total. The zero-order chi connectivity index (χ0) is 14.1. The van der Waals surface area contributed by atoms with Crippen LogP contribution in [0, 0.1) is 6.92 Å². The first-order valence-electron chi connectivity index (χ1n) is 6.36. The number of halogens is 1. The maximum absolute atomic E-state index is 12.4. The van der Waals surface area contributed by atoms with Crippen molar-refractivity contribution in [2.45, 2.75) is 13.5 Å². The number of carbonyl (C=O) groups excluding carboxylic acids is 1. The number of rotatable bonds is 3. The number of imidazole rings is 1. The molecule has 2 aromatic carbocycles. The molecule has 20 heavy (non-hydrogen) atoms. The Balaban J connectivity index is 1.95. The number of para-hydroxylation sites is 2. The quantitative estimate of drug-likeness (QED) is 0.681. The monoisotopic (exact) mass is 328 g/mol. The van der Waals surface area contributed by atoms with Crippen LogP contribution in [-0.2, 0) is 6.54 Å². The summed E-state index contributed by atoms with van der Waals surface area (Å²) in [6.07, 6.45) is 0. The average Bonchev–Trinajstić information content (AvgIpc) is 2.76. The molecule has 0 radical (unpaired) electrons. The number of ketones is 1. The highest BCUT2D eigenvalue weighted by atomic mass is 79.9. The van der Waals surface area contributed by atoms with Crippen LogP contribution < -0.4 is 0 Å². The first-order valence-corrected chi connectivity index (χ1v) is 7.15. The molecule has 0 unspecified atom stereocenters. The third-order valence-corrected chi connectivity index (χ3v) is 3.84. The van der Waals surface area contributed by atoms with E-state index in [4.69, 9.17) is 0 Å². The lowest BCUT2D eigenvalue weighted by atomic mass is 10.1. The number of Topliss-reactive ketones (excluding diaryl/α,β-unsaturated/α-hetero) is 1. The van der Waals surface area contributed by atoms with Crippen LogP contribution in [0.2, 0.25) is 0 Å². The molecule has 0 spiro atoms. The fourth-order valence-electron chi connectivity index (χ4n) is 2.27. The second kappa shape index (κ2) is 5.21. The molecule has 0 aliphatic carbocycles. The fraction of sp³-hybridized carbons (Fsp3) is 0.125. The Hall–Kier alpha value is -1.94. The Morgan fingerprint density at radius 2 is 1.85 bits per heavy atom. The number of fused-ring (bicyclic) bond motifs is 1. The summed E-state index contributed by atoms with van der Waals surface area (Å²) in [6, 6.07) is 15.3. The molecule has 1 heterocycles. The Morgan fingerprint density at radius 1 is 1.15 bits per heavy atom.